The Morgan fingerprint density at radius 3 is 2.52 bits per heavy atom. The molecular weight excluding hydrogens is 320 g/mol. The maximum Gasteiger partial charge on any atom is 0.410 e. The second kappa shape index (κ2) is 7.87. The van der Waals surface area contributed by atoms with Crippen LogP contribution in [0.3, 0.4) is 0 Å². The first-order chi connectivity index (χ1) is 11.1. The van der Waals surface area contributed by atoms with Crippen LogP contribution in [0.5, 0.6) is 5.75 Å². The Morgan fingerprint density at radius 1 is 1.26 bits per heavy atom. The average Bonchev–Trinajstić information content (AvgIpc) is 2.59. The molecule has 1 fully saturated rings. The zero-order chi connectivity index (χ0) is 16.8. The highest BCUT2D eigenvalue weighted by molar-refractivity contribution is 6.31. The predicted octanol–water partition coefficient (Wildman–Crippen LogP) is 2.43. The Balaban J connectivity index is 2.00. The van der Waals surface area contributed by atoms with Crippen LogP contribution in [0.4, 0.5) is 4.79 Å². The Labute approximate surface area is 140 Å². The van der Waals surface area contributed by atoms with Crippen molar-refractivity contribution < 1.29 is 19.1 Å². The van der Waals surface area contributed by atoms with Gasteiger partial charge in [-0.15, -0.1) is 0 Å². The Morgan fingerprint density at radius 2 is 1.91 bits per heavy atom. The van der Waals surface area contributed by atoms with Crippen LogP contribution in [0.15, 0.2) is 30.9 Å². The van der Waals surface area contributed by atoms with Crippen molar-refractivity contribution >= 4 is 23.6 Å². The molecule has 7 heteroatoms. The van der Waals surface area contributed by atoms with Gasteiger partial charge in [-0.3, -0.25) is 4.79 Å². The Bertz CT molecular complexity index is 598. The van der Waals surface area contributed by atoms with Crippen molar-refractivity contribution in [2.75, 3.05) is 39.9 Å². The van der Waals surface area contributed by atoms with Gasteiger partial charge in [0, 0.05) is 31.2 Å². The number of amides is 2. The van der Waals surface area contributed by atoms with Gasteiger partial charge in [-0.2, -0.15) is 0 Å². The van der Waals surface area contributed by atoms with Crippen LogP contribution in [0.2, 0.25) is 5.02 Å². The number of carbonyl (C=O) groups excluding carboxylic acids is 2. The highest BCUT2D eigenvalue weighted by Gasteiger charge is 2.27. The number of hydrogen-bond acceptors (Lipinski definition) is 4. The number of methoxy groups -OCH3 is 1. The Kier molecular flexibility index (Phi) is 5.87. The lowest BCUT2D eigenvalue weighted by molar-refractivity contribution is 0.0578. The fourth-order valence-corrected chi connectivity index (χ4v) is 2.50. The van der Waals surface area contributed by atoms with E-state index < -0.39 is 6.09 Å². The third-order valence-corrected chi connectivity index (χ3v) is 3.78. The van der Waals surface area contributed by atoms with E-state index in [2.05, 4.69) is 6.58 Å². The molecule has 0 atom stereocenters. The molecule has 1 aromatic carbocycles. The van der Waals surface area contributed by atoms with E-state index in [1.807, 2.05) is 0 Å². The fraction of sp³-hybridized carbons (Fsp3) is 0.375. The molecule has 1 aliphatic heterocycles. The molecule has 0 radical (unpaired) electrons. The van der Waals surface area contributed by atoms with Crippen molar-refractivity contribution in [3.05, 3.63) is 41.4 Å². The lowest BCUT2D eigenvalue weighted by atomic mass is 10.1. The molecule has 1 heterocycles. The quantitative estimate of drug-likeness (QED) is 0.791. The highest BCUT2D eigenvalue weighted by atomic mass is 35.5. The van der Waals surface area contributed by atoms with E-state index in [9.17, 15) is 9.59 Å². The molecule has 6 nitrogen and oxygen atoms in total. The molecule has 0 spiro atoms. The van der Waals surface area contributed by atoms with Gasteiger partial charge >= 0.3 is 6.09 Å². The number of piperazine rings is 1. The van der Waals surface area contributed by atoms with Crippen molar-refractivity contribution in [2.45, 2.75) is 0 Å². The van der Waals surface area contributed by atoms with E-state index >= 15 is 0 Å². The standard InChI is InChI=1S/C16H19ClN2O4/c1-3-10-23-16(21)19-8-6-18(7-9-19)15(20)13-11-12(17)4-5-14(13)22-2/h3-5,11H,1,6-10H2,2H3. The zero-order valence-corrected chi connectivity index (χ0v) is 13.7. The second-order valence-electron chi connectivity index (χ2n) is 4.99. The number of benzene rings is 1. The summed E-state index contributed by atoms with van der Waals surface area (Å²) in [6.07, 6.45) is 1.13. The van der Waals surface area contributed by atoms with Crippen molar-refractivity contribution in [2.24, 2.45) is 0 Å². The fourth-order valence-electron chi connectivity index (χ4n) is 2.33. The van der Waals surface area contributed by atoms with Crippen molar-refractivity contribution in [1.82, 2.24) is 9.80 Å². The summed E-state index contributed by atoms with van der Waals surface area (Å²) < 4.78 is 10.2. The van der Waals surface area contributed by atoms with Crippen molar-refractivity contribution in [1.29, 1.82) is 0 Å². The summed E-state index contributed by atoms with van der Waals surface area (Å²) in [5.74, 6) is 0.315. The van der Waals surface area contributed by atoms with Crippen LogP contribution in [-0.2, 0) is 4.74 Å². The first-order valence-electron chi connectivity index (χ1n) is 7.22. The maximum atomic E-state index is 12.6. The number of hydrogen-bond donors (Lipinski definition) is 0. The van der Waals surface area contributed by atoms with Gasteiger partial charge in [-0.1, -0.05) is 24.3 Å². The summed E-state index contributed by atoms with van der Waals surface area (Å²) >= 11 is 5.97. The van der Waals surface area contributed by atoms with Gasteiger partial charge in [0.1, 0.15) is 12.4 Å². The van der Waals surface area contributed by atoms with Crippen LogP contribution >= 0.6 is 11.6 Å². The third-order valence-electron chi connectivity index (χ3n) is 3.54. The topological polar surface area (TPSA) is 59.1 Å². The smallest absolute Gasteiger partial charge is 0.410 e. The van der Waals surface area contributed by atoms with Gasteiger partial charge in [0.25, 0.3) is 5.91 Å². The molecule has 2 amide bonds. The monoisotopic (exact) mass is 338 g/mol. The Hall–Kier alpha value is -2.21. The molecule has 1 aromatic rings. The van der Waals surface area contributed by atoms with Gasteiger partial charge in [-0.25, -0.2) is 4.79 Å². The van der Waals surface area contributed by atoms with E-state index in [0.29, 0.717) is 42.5 Å². The number of carbonyl (C=O) groups is 2. The highest BCUT2D eigenvalue weighted by Crippen LogP contribution is 2.24. The van der Waals surface area contributed by atoms with Gasteiger partial charge in [0.2, 0.25) is 0 Å². The molecule has 1 saturated heterocycles. The van der Waals surface area contributed by atoms with E-state index in [0.717, 1.165) is 0 Å². The maximum absolute atomic E-state index is 12.6. The van der Waals surface area contributed by atoms with Gasteiger partial charge in [0.15, 0.2) is 0 Å². The van der Waals surface area contributed by atoms with Gasteiger partial charge in [-0.05, 0) is 18.2 Å². The summed E-state index contributed by atoms with van der Waals surface area (Å²) in [4.78, 5) is 27.6. The number of rotatable bonds is 4. The second-order valence-corrected chi connectivity index (χ2v) is 5.43. The molecule has 0 aromatic heterocycles. The number of ether oxygens (including phenoxy) is 2. The van der Waals surface area contributed by atoms with E-state index in [-0.39, 0.29) is 12.5 Å². The van der Waals surface area contributed by atoms with Gasteiger partial charge in [0.05, 0.1) is 12.7 Å². The molecule has 0 bridgehead atoms. The molecule has 0 N–H and O–H groups in total. The van der Waals surface area contributed by atoms with Crippen LogP contribution in [0, 0.1) is 0 Å². The van der Waals surface area contributed by atoms with Gasteiger partial charge < -0.3 is 19.3 Å². The van der Waals surface area contributed by atoms with E-state index in [1.165, 1.54) is 13.2 Å². The molecule has 0 unspecified atom stereocenters. The molecule has 0 saturated carbocycles. The van der Waals surface area contributed by atoms with Crippen LogP contribution < -0.4 is 4.74 Å². The molecule has 23 heavy (non-hydrogen) atoms. The van der Waals surface area contributed by atoms with E-state index in [1.54, 1.807) is 28.0 Å². The summed E-state index contributed by atoms with van der Waals surface area (Å²) in [6, 6.07) is 4.93. The van der Waals surface area contributed by atoms with Crippen LogP contribution in [0.25, 0.3) is 0 Å². The summed E-state index contributed by atoms with van der Waals surface area (Å²) in [6.45, 7) is 5.38. The minimum atomic E-state index is -0.391. The zero-order valence-electron chi connectivity index (χ0n) is 13.0. The summed E-state index contributed by atoms with van der Waals surface area (Å²) in [5, 5.41) is 0.473. The molecule has 0 aliphatic carbocycles. The third kappa shape index (κ3) is 4.16. The SMILES string of the molecule is C=CCOC(=O)N1CCN(C(=O)c2cc(Cl)ccc2OC)CC1. The molecular formula is C16H19ClN2O4. The molecule has 2 rings (SSSR count). The largest absolute Gasteiger partial charge is 0.496 e. The average molecular weight is 339 g/mol. The number of nitrogens with zero attached hydrogens (tertiary/aromatic N) is 2. The molecule has 124 valence electrons. The minimum Gasteiger partial charge on any atom is -0.496 e. The minimum absolute atomic E-state index is 0.163. The lowest BCUT2D eigenvalue weighted by Crippen LogP contribution is -2.50. The first kappa shape index (κ1) is 17.1. The van der Waals surface area contributed by atoms with Crippen LogP contribution in [-0.4, -0.2) is 61.7 Å². The first-order valence-corrected chi connectivity index (χ1v) is 7.60. The van der Waals surface area contributed by atoms with E-state index in [4.69, 9.17) is 21.1 Å². The summed E-state index contributed by atoms with van der Waals surface area (Å²) in [7, 11) is 1.51. The van der Waals surface area contributed by atoms with Crippen LogP contribution in [0.1, 0.15) is 10.4 Å². The predicted molar refractivity (Wildman–Crippen MR) is 87.0 cm³/mol. The number of halogens is 1. The summed E-state index contributed by atoms with van der Waals surface area (Å²) in [5.41, 5.74) is 0.419. The normalized spacial score (nSPS) is 14.3. The van der Waals surface area contributed by atoms with Crippen molar-refractivity contribution in [3.63, 3.8) is 0 Å². The lowest BCUT2D eigenvalue weighted by Gasteiger charge is -2.34. The molecule has 1 aliphatic rings. The van der Waals surface area contributed by atoms with Crippen molar-refractivity contribution in [3.8, 4) is 5.75 Å².